The summed E-state index contributed by atoms with van der Waals surface area (Å²) in [5, 5.41) is 3.63. The fraction of sp³-hybridized carbons (Fsp3) is 0.333. The Bertz CT molecular complexity index is 316. The molecule has 3 nitrogen and oxygen atoms in total. The molecule has 13 heavy (non-hydrogen) atoms. The summed E-state index contributed by atoms with van der Waals surface area (Å²) in [6, 6.07) is 5.34. The van der Waals surface area contributed by atoms with Gasteiger partial charge >= 0.3 is 0 Å². The van der Waals surface area contributed by atoms with Gasteiger partial charge in [0.1, 0.15) is 6.61 Å². The number of hydrogen-bond acceptors (Lipinski definition) is 3. The van der Waals surface area contributed by atoms with Gasteiger partial charge in [-0.05, 0) is 19.2 Å². The molecule has 0 amide bonds. The highest BCUT2D eigenvalue weighted by atomic mass is 35.5. The van der Waals surface area contributed by atoms with Gasteiger partial charge in [0.2, 0.25) is 0 Å². The van der Waals surface area contributed by atoms with Gasteiger partial charge in [-0.3, -0.25) is 5.32 Å². The van der Waals surface area contributed by atoms with Crippen LogP contribution in [-0.2, 0) is 0 Å². The summed E-state index contributed by atoms with van der Waals surface area (Å²) in [5.41, 5.74) is 0. The standard InChI is InChI=1S/C9H10ClNO2/c1-11-9-5-12-7-3-2-6(10)4-8(7)13-9/h2-4,9,11H,5H2,1H3/t9-/m0/s1. The maximum Gasteiger partial charge on any atom is 0.184 e. The van der Waals surface area contributed by atoms with Crippen molar-refractivity contribution in [2.45, 2.75) is 6.23 Å². The first-order chi connectivity index (χ1) is 6.29. The normalized spacial score (nSPS) is 20.0. The molecule has 1 aliphatic heterocycles. The number of nitrogens with one attached hydrogen (secondary N) is 1. The molecule has 1 heterocycles. The van der Waals surface area contributed by atoms with Crippen LogP contribution in [0.15, 0.2) is 18.2 Å². The molecule has 1 aliphatic rings. The molecule has 0 aromatic heterocycles. The molecule has 4 heteroatoms. The zero-order chi connectivity index (χ0) is 9.26. The summed E-state index contributed by atoms with van der Waals surface area (Å²) in [6.07, 6.45) is -0.0917. The third kappa shape index (κ3) is 1.71. The van der Waals surface area contributed by atoms with Crippen molar-refractivity contribution in [2.24, 2.45) is 0 Å². The molecule has 0 bridgehead atoms. The monoisotopic (exact) mass is 199 g/mol. The van der Waals surface area contributed by atoms with E-state index in [4.69, 9.17) is 21.1 Å². The van der Waals surface area contributed by atoms with Crippen molar-refractivity contribution < 1.29 is 9.47 Å². The number of halogens is 1. The summed E-state index contributed by atoms with van der Waals surface area (Å²) >= 11 is 5.81. The third-order valence-electron chi connectivity index (χ3n) is 1.89. The molecule has 0 radical (unpaired) electrons. The highest BCUT2D eigenvalue weighted by molar-refractivity contribution is 6.30. The van der Waals surface area contributed by atoms with Crippen LogP contribution >= 0.6 is 11.6 Å². The third-order valence-corrected chi connectivity index (χ3v) is 2.12. The van der Waals surface area contributed by atoms with Crippen LogP contribution in [-0.4, -0.2) is 19.9 Å². The van der Waals surface area contributed by atoms with Crippen molar-refractivity contribution in [1.82, 2.24) is 5.32 Å². The molecule has 0 saturated carbocycles. The van der Waals surface area contributed by atoms with E-state index < -0.39 is 0 Å². The second kappa shape index (κ2) is 3.44. The summed E-state index contributed by atoms with van der Waals surface area (Å²) in [5.74, 6) is 1.44. The maximum atomic E-state index is 5.81. The first-order valence-corrected chi connectivity index (χ1v) is 4.43. The van der Waals surface area contributed by atoms with Gasteiger partial charge < -0.3 is 9.47 Å². The fourth-order valence-electron chi connectivity index (χ4n) is 1.19. The van der Waals surface area contributed by atoms with Crippen LogP contribution in [0.4, 0.5) is 0 Å². The molecule has 0 aliphatic carbocycles. The second-order valence-electron chi connectivity index (χ2n) is 2.80. The van der Waals surface area contributed by atoms with Gasteiger partial charge in [-0.2, -0.15) is 0 Å². The Hall–Kier alpha value is -0.930. The Morgan fingerprint density at radius 1 is 1.46 bits per heavy atom. The van der Waals surface area contributed by atoms with Crippen molar-refractivity contribution in [1.29, 1.82) is 0 Å². The molecular weight excluding hydrogens is 190 g/mol. The highest BCUT2D eigenvalue weighted by Crippen LogP contribution is 2.33. The Labute approximate surface area is 81.6 Å². The van der Waals surface area contributed by atoms with E-state index in [1.807, 2.05) is 13.1 Å². The average molecular weight is 200 g/mol. The summed E-state index contributed by atoms with van der Waals surface area (Å²) in [4.78, 5) is 0. The Kier molecular flexibility index (Phi) is 2.29. The summed E-state index contributed by atoms with van der Waals surface area (Å²) in [6.45, 7) is 0.519. The SMILES string of the molecule is CN[C@@H]1COc2ccc(Cl)cc2O1. The van der Waals surface area contributed by atoms with Crippen molar-refractivity contribution in [3.8, 4) is 11.5 Å². The molecule has 70 valence electrons. The molecule has 1 aromatic carbocycles. The van der Waals surface area contributed by atoms with E-state index in [9.17, 15) is 0 Å². The first kappa shape index (κ1) is 8.66. The molecule has 0 saturated heterocycles. The molecule has 1 N–H and O–H groups in total. The quantitative estimate of drug-likeness (QED) is 0.746. The summed E-state index contributed by atoms with van der Waals surface area (Å²) < 4.78 is 11.0. The van der Waals surface area contributed by atoms with E-state index in [1.54, 1.807) is 12.1 Å². The Balaban J connectivity index is 2.27. The molecular formula is C9H10ClNO2. The first-order valence-electron chi connectivity index (χ1n) is 4.06. The Morgan fingerprint density at radius 2 is 2.31 bits per heavy atom. The van der Waals surface area contributed by atoms with E-state index in [2.05, 4.69) is 5.32 Å². The van der Waals surface area contributed by atoms with Crippen molar-refractivity contribution >= 4 is 11.6 Å². The average Bonchev–Trinajstić information content (AvgIpc) is 2.16. The second-order valence-corrected chi connectivity index (χ2v) is 3.23. The lowest BCUT2D eigenvalue weighted by atomic mass is 10.3. The number of ether oxygens (including phenoxy) is 2. The van der Waals surface area contributed by atoms with Gasteiger partial charge in [0.25, 0.3) is 0 Å². The zero-order valence-corrected chi connectivity index (χ0v) is 7.97. The minimum Gasteiger partial charge on any atom is -0.484 e. The van der Waals surface area contributed by atoms with Gasteiger partial charge in [0.15, 0.2) is 17.7 Å². The van der Waals surface area contributed by atoms with E-state index in [0.29, 0.717) is 17.4 Å². The molecule has 0 fully saturated rings. The lowest BCUT2D eigenvalue weighted by Gasteiger charge is -2.25. The topological polar surface area (TPSA) is 30.5 Å². The number of rotatable bonds is 1. The van der Waals surface area contributed by atoms with Crippen LogP contribution in [0.25, 0.3) is 0 Å². The smallest absolute Gasteiger partial charge is 0.184 e. The van der Waals surface area contributed by atoms with Crippen LogP contribution in [0.3, 0.4) is 0 Å². The van der Waals surface area contributed by atoms with Gasteiger partial charge in [-0.15, -0.1) is 0 Å². The van der Waals surface area contributed by atoms with Gasteiger partial charge in [-0.25, -0.2) is 0 Å². The van der Waals surface area contributed by atoms with Crippen molar-refractivity contribution in [2.75, 3.05) is 13.7 Å². The van der Waals surface area contributed by atoms with E-state index in [0.717, 1.165) is 5.75 Å². The fourth-order valence-corrected chi connectivity index (χ4v) is 1.35. The van der Waals surface area contributed by atoms with Gasteiger partial charge in [0, 0.05) is 11.1 Å². The predicted octanol–water partition coefficient (Wildman–Crippen LogP) is 1.66. The molecule has 1 atom stereocenters. The zero-order valence-electron chi connectivity index (χ0n) is 7.21. The Morgan fingerprint density at radius 3 is 3.08 bits per heavy atom. The van der Waals surface area contributed by atoms with Gasteiger partial charge in [0.05, 0.1) is 0 Å². The molecule has 1 aromatic rings. The van der Waals surface area contributed by atoms with Crippen molar-refractivity contribution in [3.63, 3.8) is 0 Å². The van der Waals surface area contributed by atoms with Crippen LogP contribution in [0.5, 0.6) is 11.5 Å². The van der Waals surface area contributed by atoms with Crippen LogP contribution in [0.1, 0.15) is 0 Å². The maximum absolute atomic E-state index is 5.81. The minimum absolute atomic E-state index is 0.0917. The van der Waals surface area contributed by atoms with Crippen LogP contribution < -0.4 is 14.8 Å². The van der Waals surface area contributed by atoms with Crippen LogP contribution in [0, 0.1) is 0 Å². The number of likely N-dealkylation sites (N-methyl/N-ethyl adjacent to an activating group) is 1. The number of hydrogen-bond donors (Lipinski definition) is 1. The van der Waals surface area contributed by atoms with E-state index >= 15 is 0 Å². The predicted molar refractivity (Wildman–Crippen MR) is 50.4 cm³/mol. The lowest BCUT2D eigenvalue weighted by molar-refractivity contribution is 0.0726. The van der Waals surface area contributed by atoms with Crippen LogP contribution in [0.2, 0.25) is 5.02 Å². The molecule has 2 rings (SSSR count). The largest absolute Gasteiger partial charge is 0.484 e. The number of benzene rings is 1. The summed E-state index contributed by atoms with van der Waals surface area (Å²) in [7, 11) is 1.82. The van der Waals surface area contributed by atoms with E-state index in [-0.39, 0.29) is 6.23 Å². The molecule has 0 unspecified atom stereocenters. The lowest BCUT2D eigenvalue weighted by Crippen LogP contribution is -2.39. The minimum atomic E-state index is -0.0917. The van der Waals surface area contributed by atoms with Gasteiger partial charge in [-0.1, -0.05) is 11.6 Å². The van der Waals surface area contributed by atoms with Crippen molar-refractivity contribution in [3.05, 3.63) is 23.2 Å². The highest BCUT2D eigenvalue weighted by Gasteiger charge is 2.18. The molecule has 0 spiro atoms. The van der Waals surface area contributed by atoms with E-state index in [1.165, 1.54) is 0 Å². The number of fused-ring (bicyclic) bond motifs is 1.